The Morgan fingerprint density at radius 2 is 2.08 bits per heavy atom. The molecule has 0 aromatic carbocycles. The van der Waals surface area contributed by atoms with Crippen LogP contribution in [0.5, 0.6) is 0 Å². The molecule has 1 unspecified atom stereocenters. The SMILES string of the molecule is C[C@@H](O[Si](C)(C)C(C)(C)C)[C@H]1C(=O)N[C@H]1[C@]12O[C@@H]1CCCC2OCCO. The van der Waals surface area contributed by atoms with Crippen molar-refractivity contribution < 1.29 is 23.8 Å². The van der Waals surface area contributed by atoms with Crippen LogP contribution in [-0.2, 0) is 18.7 Å². The van der Waals surface area contributed by atoms with Gasteiger partial charge in [-0.2, -0.15) is 0 Å². The molecule has 150 valence electrons. The Hall–Kier alpha value is -0.473. The minimum Gasteiger partial charge on any atom is -0.413 e. The third kappa shape index (κ3) is 3.26. The summed E-state index contributed by atoms with van der Waals surface area (Å²) in [6, 6.07) is -0.0660. The van der Waals surface area contributed by atoms with Crippen molar-refractivity contribution in [1.29, 1.82) is 0 Å². The quantitative estimate of drug-likeness (QED) is 0.399. The van der Waals surface area contributed by atoms with Crippen LogP contribution in [0.3, 0.4) is 0 Å². The number of hydrogen-bond acceptors (Lipinski definition) is 5. The summed E-state index contributed by atoms with van der Waals surface area (Å²) in [5.41, 5.74) is -0.433. The summed E-state index contributed by atoms with van der Waals surface area (Å²) in [5, 5.41) is 12.3. The van der Waals surface area contributed by atoms with Crippen LogP contribution in [0, 0.1) is 5.92 Å². The van der Waals surface area contributed by atoms with Gasteiger partial charge in [0.05, 0.1) is 43.5 Å². The molecule has 1 amide bonds. The van der Waals surface area contributed by atoms with E-state index in [1.807, 2.05) is 6.92 Å². The van der Waals surface area contributed by atoms with E-state index in [1.165, 1.54) is 0 Å². The molecule has 2 N–H and O–H groups in total. The summed E-state index contributed by atoms with van der Waals surface area (Å²) in [4.78, 5) is 12.4. The van der Waals surface area contributed by atoms with Crippen LogP contribution in [0.1, 0.15) is 47.0 Å². The van der Waals surface area contributed by atoms with Crippen molar-refractivity contribution in [2.75, 3.05) is 13.2 Å². The molecular weight excluding hydrogens is 350 g/mol. The van der Waals surface area contributed by atoms with Gasteiger partial charge in [-0.15, -0.1) is 0 Å². The number of hydrogen-bond donors (Lipinski definition) is 2. The molecule has 2 saturated heterocycles. The Kier molecular flexibility index (Phi) is 5.34. The molecule has 0 spiro atoms. The second kappa shape index (κ2) is 6.85. The van der Waals surface area contributed by atoms with E-state index in [0.717, 1.165) is 19.3 Å². The summed E-state index contributed by atoms with van der Waals surface area (Å²) in [6.45, 7) is 13.4. The Morgan fingerprint density at radius 3 is 2.65 bits per heavy atom. The molecule has 0 aromatic rings. The normalized spacial score (nSPS) is 38.2. The van der Waals surface area contributed by atoms with Crippen LogP contribution >= 0.6 is 0 Å². The lowest BCUT2D eigenvalue weighted by Crippen LogP contribution is -2.72. The number of aliphatic hydroxyl groups is 1. The van der Waals surface area contributed by atoms with E-state index in [-0.39, 0.29) is 47.8 Å². The Bertz CT molecular complexity index is 549. The van der Waals surface area contributed by atoms with E-state index in [9.17, 15) is 4.79 Å². The molecule has 1 saturated carbocycles. The largest absolute Gasteiger partial charge is 0.413 e. The van der Waals surface area contributed by atoms with E-state index >= 15 is 0 Å². The van der Waals surface area contributed by atoms with Gasteiger partial charge in [0, 0.05) is 0 Å². The lowest BCUT2D eigenvalue weighted by atomic mass is 9.70. The molecule has 3 fully saturated rings. The predicted molar refractivity (Wildman–Crippen MR) is 101 cm³/mol. The Morgan fingerprint density at radius 1 is 1.38 bits per heavy atom. The van der Waals surface area contributed by atoms with Crippen LogP contribution in [-0.4, -0.2) is 62.5 Å². The fourth-order valence-electron chi connectivity index (χ4n) is 4.36. The lowest BCUT2D eigenvalue weighted by molar-refractivity contribution is -0.148. The van der Waals surface area contributed by atoms with Gasteiger partial charge in [-0.3, -0.25) is 4.79 Å². The number of carbonyl (C=O) groups is 1. The molecule has 2 aliphatic heterocycles. The van der Waals surface area contributed by atoms with Crippen molar-refractivity contribution in [1.82, 2.24) is 5.32 Å². The molecule has 0 bridgehead atoms. The maximum absolute atomic E-state index is 12.4. The molecule has 7 heteroatoms. The van der Waals surface area contributed by atoms with Crippen molar-refractivity contribution >= 4 is 14.2 Å². The van der Waals surface area contributed by atoms with Gasteiger partial charge in [0.1, 0.15) is 5.60 Å². The lowest BCUT2D eigenvalue weighted by Gasteiger charge is -2.49. The van der Waals surface area contributed by atoms with Gasteiger partial charge < -0.3 is 24.3 Å². The minimum atomic E-state index is -1.96. The van der Waals surface area contributed by atoms with Gasteiger partial charge >= 0.3 is 0 Å². The van der Waals surface area contributed by atoms with Crippen LogP contribution in [0.15, 0.2) is 0 Å². The number of aliphatic hydroxyl groups excluding tert-OH is 1. The number of amides is 1. The standard InChI is InChI=1S/C19H35NO5Si/c1-12(25-26(5,6)18(2,3)4)15-16(20-17(15)22)19-13(23-11-10-21)8-7-9-14(19)24-19/h12-16,21H,7-11H2,1-6H3,(H,20,22)/t12-,13?,14-,15-,16-,19-/m1/s1. The summed E-state index contributed by atoms with van der Waals surface area (Å²) >= 11 is 0. The first-order valence-corrected chi connectivity index (χ1v) is 12.8. The molecule has 6 nitrogen and oxygen atoms in total. The highest BCUT2D eigenvalue weighted by Gasteiger charge is 2.73. The first kappa shape index (κ1) is 20.3. The predicted octanol–water partition coefficient (Wildman–Crippen LogP) is 2.21. The maximum Gasteiger partial charge on any atom is 0.228 e. The highest BCUT2D eigenvalue weighted by atomic mass is 28.4. The third-order valence-corrected chi connectivity index (χ3v) is 11.5. The summed E-state index contributed by atoms with van der Waals surface area (Å²) in [7, 11) is -1.96. The van der Waals surface area contributed by atoms with Crippen LogP contribution in [0.4, 0.5) is 0 Å². The van der Waals surface area contributed by atoms with Crippen molar-refractivity contribution in [2.24, 2.45) is 5.92 Å². The molecule has 2 heterocycles. The number of ether oxygens (including phenoxy) is 2. The number of nitrogens with one attached hydrogen (secondary N) is 1. The topological polar surface area (TPSA) is 80.3 Å². The molecule has 6 atom stereocenters. The van der Waals surface area contributed by atoms with Crippen LogP contribution < -0.4 is 5.32 Å². The zero-order valence-electron chi connectivity index (χ0n) is 17.0. The number of β-lactam (4-membered cyclic amide) rings is 1. The molecule has 0 aromatic heterocycles. The average molecular weight is 386 g/mol. The van der Waals surface area contributed by atoms with Gasteiger partial charge in [0.2, 0.25) is 5.91 Å². The van der Waals surface area contributed by atoms with Crippen molar-refractivity contribution in [3.63, 3.8) is 0 Å². The zero-order chi connectivity index (χ0) is 19.3. The third-order valence-electron chi connectivity index (χ3n) is 6.88. The molecule has 1 aliphatic carbocycles. The minimum absolute atomic E-state index is 0.00257. The molecule has 26 heavy (non-hydrogen) atoms. The Balaban J connectivity index is 1.74. The molecule has 3 aliphatic rings. The average Bonchev–Trinajstić information content (AvgIpc) is 3.24. The summed E-state index contributed by atoms with van der Waals surface area (Å²) in [5.74, 6) is -0.149. The van der Waals surface area contributed by atoms with Gasteiger partial charge in [-0.25, -0.2) is 0 Å². The van der Waals surface area contributed by atoms with Crippen molar-refractivity contribution in [2.45, 2.75) is 95.0 Å². The fourth-order valence-corrected chi connectivity index (χ4v) is 5.79. The number of fused-ring (bicyclic) bond motifs is 1. The van der Waals surface area contributed by atoms with Crippen molar-refractivity contribution in [3.8, 4) is 0 Å². The second-order valence-corrected chi connectivity index (χ2v) is 14.3. The highest BCUT2D eigenvalue weighted by molar-refractivity contribution is 6.74. The molecule has 0 radical (unpaired) electrons. The van der Waals surface area contributed by atoms with Crippen LogP contribution in [0.2, 0.25) is 18.1 Å². The monoisotopic (exact) mass is 385 g/mol. The second-order valence-electron chi connectivity index (χ2n) is 9.57. The summed E-state index contributed by atoms with van der Waals surface area (Å²) < 4.78 is 18.6. The van der Waals surface area contributed by atoms with Gasteiger partial charge in [0.15, 0.2) is 8.32 Å². The van der Waals surface area contributed by atoms with Gasteiger partial charge in [-0.05, 0) is 44.3 Å². The smallest absolute Gasteiger partial charge is 0.228 e. The number of rotatable bonds is 7. The van der Waals surface area contributed by atoms with Crippen molar-refractivity contribution in [3.05, 3.63) is 0 Å². The number of carbonyl (C=O) groups excluding carboxylic acids is 1. The van der Waals surface area contributed by atoms with E-state index in [4.69, 9.17) is 19.0 Å². The first-order valence-electron chi connectivity index (χ1n) is 9.93. The molecular formula is C19H35NO5Si. The van der Waals surface area contributed by atoms with E-state index < -0.39 is 13.9 Å². The zero-order valence-corrected chi connectivity index (χ0v) is 18.0. The van der Waals surface area contributed by atoms with E-state index in [2.05, 4.69) is 39.2 Å². The Labute approximate surface area is 158 Å². The highest BCUT2D eigenvalue weighted by Crippen LogP contribution is 2.55. The van der Waals surface area contributed by atoms with Crippen LogP contribution in [0.25, 0.3) is 0 Å². The van der Waals surface area contributed by atoms with Gasteiger partial charge in [0.25, 0.3) is 0 Å². The summed E-state index contributed by atoms with van der Waals surface area (Å²) in [6.07, 6.45) is 2.91. The van der Waals surface area contributed by atoms with E-state index in [0.29, 0.717) is 6.61 Å². The number of epoxide rings is 1. The molecule has 3 rings (SSSR count). The van der Waals surface area contributed by atoms with Gasteiger partial charge in [-0.1, -0.05) is 20.8 Å². The fraction of sp³-hybridized carbons (Fsp3) is 0.947. The first-order chi connectivity index (χ1) is 12.0. The van der Waals surface area contributed by atoms with E-state index in [1.54, 1.807) is 0 Å². The maximum atomic E-state index is 12.4.